The van der Waals surface area contributed by atoms with Gasteiger partial charge in [0.25, 0.3) is 5.91 Å². The number of ether oxygens (including phenoxy) is 1. The zero-order chi connectivity index (χ0) is 13.6. The maximum atomic E-state index is 12.3. The number of nitrogens with one attached hydrogen (secondary N) is 1. The molecule has 3 rings (SSSR count). The molecule has 104 valence electrons. The van der Waals surface area contributed by atoms with E-state index in [4.69, 9.17) is 10.5 Å². The Hall–Kier alpha value is -0.850. The summed E-state index contributed by atoms with van der Waals surface area (Å²) in [5.74, 6) is 0.331. The van der Waals surface area contributed by atoms with Gasteiger partial charge in [-0.1, -0.05) is 0 Å². The van der Waals surface area contributed by atoms with E-state index in [1.807, 2.05) is 23.8 Å². The Morgan fingerprint density at radius 2 is 2.47 bits per heavy atom. The Morgan fingerprint density at radius 1 is 1.68 bits per heavy atom. The molecule has 2 fully saturated rings. The molecular weight excluding hydrogens is 310 g/mol. The molecule has 1 saturated carbocycles. The lowest BCUT2D eigenvalue weighted by atomic mass is 9.72. The van der Waals surface area contributed by atoms with Crippen molar-refractivity contribution in [1.82, 2.24) is 9.88 Å². The molecule has 1 aromatic rings. The summed E-state index contributed by atoms with van der Waals surface area (Å²) >= 11 is 3.40. The number of halogens is 1. The largest absolute Gasteiger partial charge is 0.376 e. The van der Waals surface area contributed by atoms with Crippen molar-refractivity contribution in [3.8, 4) is 0 Å². The van der Waals surface area contributed by atoms with Gasteiger partial charge in [0.1, 0.15) is 5.69 Å². The Kier molecular flexibility index (Phi) is 3.41. The second-order valence-corrected chi connectivity index (χ2v) is 6.11. The molecule has 1 aliphatic carbocycles. The third kappa shape index (κ3) is 2.11. The molecule has 19 heavy (non-hydrogen) atoms. The Labute approximate surface area is 120 Å². The summed E-state index contributed by atoms with van der Waals surface area (Å²) in [7, 11) is 0. The third-order valence-corrected chi connectivity index (χ3v) is 4.61. The zero-order valence-corrected chi connectivity index (χ0v) is 12.4. The van der Waals surface area contributed by atoms with Crippen molar-refractivity contribution < 1.29 is 9.53 Å². The minimum atomic E-state index is -0.0815. The monoisotopic (exact) mass is 327 g/mol. The summed E-state index contributed by atoms with van der Waals surface area (Å²) in [5.41, 5.74) is 6.75. The van der Waals surface area contributed by atoms with Crippen LogP contribution in [0.4, 0.5) is 0 Å². The van der Waals surface area contributed by atoms with E-state index in [0.717, 1.165) is 24.0 Å². The predicted octanol–water partition coefficient (Wildman–Crippen LogP) is 1.11. The van der Waals surface area contributed by atoms with Crippen molar-refractivity contribution in [2.24, 2.45) is 11.7 Å². The van der Waals surface area contributed by atoms with Gasteiger partial charge in [0.05, 0.1) is 12.1 Å². The van der Waals surface area contributed by atoms with Crippen molar-refractivity contribution in [1.29, 1.82) is 0 Å². The lowest BCUT2D eigenvalue weighted by molar-refractivity contribution is -0.0162. The number of hydrogen-bond donors (Lipinski definition) is 2. The van der Waals surface area contributed by atoms with Crippen LogP contribution in [0.15, 0.2) is 16.7 Å². The Morgan fingerprint density at radius 3 is 3.21 bits per heavy atom. The van der Waals surface area contributed by atoms with Crippen molar-refractivity contribution in [3.63, 3.8) is 0 Å². The van der Waals surface area contributed by atoms with Crippen LogP contribution in [0.3, 0.4) is 0 Å². The molecule has 3 N–H and O–H groups in total. The van der Waals surface area contributed by atoms with E-state index in [1.54, 1.807) is 0 Å². The molecule has 1 aliphatic heterocycles. The van der Waals surface area contributed by atoms with E-state index in [0.29, 0.717) is 11.6 Å². The summed E-state index contributed by atoms with van der Waals surface area (Å²) in [6.45, 7) is 3.52. The molecule has 0 aromatic carbocycles. The highest BCUT2D eigenvalue weighted by molar-refractivity contribution is 9.10. The summed E-state index contributed by atoms with van der Waals surface area (Å²) in [4.78, 5) is 12.3. The van der Waals surface area contributed by atoms with Gasteiger partial charge in [-0.15, -0.1) is 0 Å². The average Bonchev–Trinajstić information content (AvgIpc) is 2.99. The van der Waals surface area contributed by atoms with Gasteiger partial charge in [-0.2, -0.15) is 0 Å². The number of carbonyl (C=O) groups excluding carboxylic acids is 1. The van der Waals surface area contributed by atoms with Crippen LogP contribution < -0.4 is 11.1 Å². The van der Waals surface area contributed by atoms with E-state index in [9.17, 15) is 4.79 Å². The van der Waals surface area contributed by atoms with E-state index < -0.39 is 0 Å². The quantitative estimate of drug-likeness (QED) is 0.873. The lowest BCUT2D eigenvalue weighted by Crippen LogP contribution is -2.69. The molecule has 1 aromatic heterocycles. The van der Waals surface area contributed by atoms with Crippen LogP contribution >= 0.6 is 15.9 Å². The van der Waals surface area contributed by atoms with Crippen LogP contribution in [0.1, 0.15) is 23.8 Å². The van der Waals surface area contributed by atoms with E-state index >= 15 is 0 Å². The van der Waals surface area contributed by atoms with E-state index in [2.05, 4.69) is 21.2 Å². The van der Waals surface area contributed by atoms with Crippen LogP contribution in [0.5, 0.6) is 0 Å². The standard InChI is InChI=1S/C13H18BrN3O2/c1-2-17-6-7(14)5-9(17)13(18)16-11-10(15)8-3-4-19-12(8)11/h5-6,8,10-12H,2-4,15H2,1H3,(H,16,18). The van der Waals surface area contributed by atoms with Gasteiger partial charge in [0.15, 0.2) is 0 Å². The van der Waals surface area contributed by atoms with Gasteiger partial charge in [-0.05, 0) is 35.3 Å². The molecule has 0 radical (unpaired) electrons. The SMILES string of the molecule is CCn1cc(Br)cc1C(=O)NC1C(N)C2CCOC21. The number of amides is 1. The second kappa shape index (κ2) is 4.92. The van der Waals surface area contributed by atoms with Crippen LogP contribution in [0.25, 0.3) is 0 Å². The van der Waals surface area contributed by atoms with Crippen molar-refractivity contribution in [3.05, 3.63) is 22.4 Å². The summed E-state index contributed by atoms with van der Waals surface area (Å²) in [5, 5.41) is 3.01. The van der Waals surface area contributed by atoms with Gasteiger partial charge >= 0.3 is 0 Å². The maximum absolute atomic E-state index is 12.3. The number of hydrogen-bond acceptors (Lipinski definition) is 3. The molecule has 5 nitrogen and oxygen atoms in total. The van der Waals surface area contributed by atoms with E-state index in [-0.39, 0.29) is 24.1 Å². The number of nitrogens with zero attached hydrogens (tertiary/aromatic N) is 1. The van der Waals surface area contributed by atoms with Crippen LogP contribution in [0, 0.1) is 5.92 Å². The fraction of sp³-hybridized carbons (Fsp3) is 0.615. The third-order valence-electron chi connectivity index (χ3n) is 4.18. The van der Waals surface area contributed by atoms with Crippen LogP contribution in [-0.4, -0.2) is 35.3 Å². The maximum Gasteiger partial charge on any atom is 0.268 e. The highest BCUT2D eigenvalue weighted by Gasteiger charge is 2.52. The fourth-order valence-electron chi connectivity index (χ4n) is 3.08. The molecular formula is C13H18BrN3O2. The summed E-state index contributed by atoms with van der Waals surface area (Å²) in [6.07, 6.45) is 3.02. The van der Waals surface area contributed by atoms with Crippen LogP contribution in [0.2, 0.25) is 0 Å². The smallest absolute Gasteiger partial charge is 0.268 e. The zero-order valence-electron chi connectivity index (χ0n) is 10.8. The Balaban J connectivity index is 1.71. The highest BCUT2D eigenvalue weighted by Crippen LogP contribution is 2.37. The average molecular weight is 328 g/mol. The fourth-order valence-corrected chi connectivity index (χ4v) is 3.54. The van der Waals surface area contributed by atoms with Gasteiger partial charge in [0, 0.05) is 35.8 Å². The first kappa shape index (κ1) is 13.1. The number of rotatable bonds is 3. The summed E-state index contributed by atoms with van der Waals surface area (Å²) < 4.78 is 8.45. The number of aromatic nitrogens is 1. The molecule has 1 amide bonds. The number of carbonyl (C=O) groups is 1. The number of nitrogens with two attached hydrogens (primary N) is 1. The molecule has 0 bridgehead atoms. The van der Waals surface area contributed by atoms with Gasteiger partial charge in [0.2, 0.25) is 0 Å². The molecule has 6 heteroatoms. The first-order valence-corrected chi connectivity index (χ1v) is 7.45. The van der Waals surface area contributed by atoms with Crippen molar-refractivity contribution in [2.45, 2.75) is 38.1 Å². The molecule has 4 atom stereocenters. The molecule has 4 unspecified atom stereocenters. The first-order valence-electron chi connectivity index (χ1n) is 6.65. The molecule has 0 spiro atoms. The molecule has 2 aliphatic rings. The minimum Gasteiger partial charge on any atom is -0.376 e. The minimum absolute atomic E-state index is 0.0185. The normalized spacial score (nSPS) is 32.8. The second-order valence-electron chi connectivity index (χ2n) is 5.19. The van der Waals surface area contributed by atoms with Gasteiger partial charge in [-0.25, -0.2) is 0 Å². The van der Waals surface area contributed by atoms with Gasteiger partial charge in [-0.3, -0.25) is 4.79 Å². The lowest BCUT2D eigenvalue weighted by Gasteiger charge is -2.45. The van der Waals surface area contributed by atoms with Crippen LogP contribution in [-0.2, 0) is 11.3 Å². The molecule has 1 saturated heterocycles. The Bertz CT molecular complexity index is 502. The predicted molar refractivity (Wildman–Crippen MR) is 74.9 cm³/mol. The van der Waals surface area contributed by atoms with Gasteiger partial charge < -0.3 is 20.4 Å². The molecule has 2 heterocycles. The number of aryl methyl sites for hydroxylation is 1. The van der Waals surface area contributed by atoms with Crippen molar-refractivity contribution in [2.75, 3.05) is 6.61 Å². The first-order chi connectivity index (χ1) is 9.11. The summed E-state index contributed by atoms with van der Waals surface area (Å²) in [6, 6.07) is 1.79. The number of fused-ring (bicyclic) bond motifs is 1. The topological polar surface area (TPSA) is 69.3 Å². The highest BCUT2D eigenvalue weighted by atomic mass is 79.9. The van der Waals surface area contributed by atoms with E-state index in [1.165, 1.54) is 0 Å². The van der Waals surface area contributed by atoms with Crippen molar-refractivity contribution >= 4 is 21.8 Å².